The first-order valence-electron chi connectivity index (χ1n) is 5.84. The molecule has 17 heavy (non-hydrogen) atoms. The molecule has 0 aliphatic heterocycles. The van der Waals surface area contributed by atoms with Crippen LogP contribution in [0.1, 0.15) is 19.8 Å². The summed E-state index contributed by atoms with van der Waals surface area (Å²) in [5.74, 6) is 1.29. The molecule has 0 aliphatic rings. The second-order valence-corrected chi connectivity index (χ2v) is 5.11. The molecule has 2 rings (SSSR count). The number of aliphatic hydroxyl groups excluding tert-OH is 1. The number of rotatable bonds is 6. The zero-order valence-corrected chi connectivity index (χ0v) is 10.7. The molecule has 0 saturated heterocycles. The number of hydrogen-bond donors (Lipinski definition) is 2. The van der Waals surface area contributed by atoms with Gasteiger partial charge < -0.3 is 10.4 Å². The molecule has 2 heterocycles. The molecule has 0 spiro atoms. The Morgan fingerprint density at radius 3 is 3.18 bits per heavy atom. The quantitative estimate of drug-likeness (QED) is 0.775. The van der Waals surface area contributed by atoms with E-state index in [1.165, 1.54) is 0 Å². The number of aliphatic hydroxyl groups is 1. The number of hydrogen-bond acceptors (Lipinski definition) is 5. The SMILES string of the molecule is CC(CO)CCCNc1ncnc2sccc12. The maximum atomic E-state index is 8.93. The lowest BCUT2D eigenvalue weighted by Gasteiger charge is -2.09. The molecule has 0 aliphatic carbocycles. The van der Waals surface area contributed by atoms with E-state index in [9.17, 15) is 0 Å². The average molecular weight is 251 g/mol. The lowest BCUT2D eigenvalue weighted by Crippen LogP contribution is -2.07. The standard InChI is InChI=1S/C12H17N3OS/c1-9(7-16)3-2-5-13-11-10-4-6-17-12(10)15-8-14-11/h4,6,8-9,16H,2-3,5,7H2,1H3,(H,13,14,15). The van der Waals surface area contributed by atoms with Crippen molar-refractivity contribution in [3.63, 3.8) is 0 Å². The third kappa shape index (κ3) is 3.14. The van der Waals surface area contributed by atoms with Gasteiger partial charge >= 0.3 is 0 Å². The summed E-state index contributed by atoms with van der Waals surface area (Å²) in [7, 11) is 0. The van der Waals surface area contributed by atoms with Crippen LogP contribution >= 0.6 is 11.3 Å². The molecule has 2 N–H and O–H groups in total. The Labute approximate surface area is 105 Å². The lowest BCUT2D eigenvalue weighted by atomic mass is 10.1. The lowest BCUT2D eigenvalue weighted by molar-refractivity contribution is 0.229. The van der Waals surface area contributed by atoms with Crippen molar-refractivity contribution >= 4 is 27.4 Å². The number of fused-ring (bicyclic) bond motifs is 1. The second-order valence-electron chi connectivity index (χ2n) is 4.22. The van der Waals surface area contributed by atoms with Crippen LogP contribution in [0.4, 0.5) is 5.82 Å². The Hall–Kier alpha value is -1.20. The van der Waals surface area contributed by atoms with E-state index in [0.717, 1.165) is 35.4 Å². The third-order valence-electron chi connectivity index (χ3n) is 2.74. The molecule has 2 aromatic rings. The Bertz CT molecular complexity index is 471. The van der Waals surface area contributed by atoms with Crippen LogP contribution in [0, 0.1) is 5.92 Å². The van der Waals surface area contributed by atoms with Crippen LogP contribution in [-0.2, 0) is 0 Å². The molecule has 1 unspecified atom stereocenters. The van der Waals surface area contributed by atoms with E-state index in [0.29, 0.717) is 5.92 Å². The maximum absolute atomic E-state index is 8.93. The van der Waals surface area contributed by atoms with Gasteiger partial charge in [-0.25, -0.2) is 9.97 Å². The van der Waals surface area contributed by atoms with Gasteiger partial charge in [-0.2, -0.15) is 0 Å². The van der Waals surface area contributed by atoms with Crippen molar-refractivity contribution < 1.29 is 5.11 Å². The monoisotopic (exact) mass is 251 g/mol. The highest BCUT2D eigenvalue weighted by molar-refractivity contribution is 7.16. The van der Waals surface area contributed by atoms with Crippen LogP contribution in [0.5, 0.6) is 0 Å². The summed E-state index contributed by atoms with van der Waals surface area (Å²) < 4.78 is 0. The van der Waals surface area contributed by atoms with E-state index in [2.05, 4.69) is 22.2 Å². The molecule has 1 atom stereocenters. The van der Waals surface area contributed by atoms with Crippen LogP contribution in [-0.4, -0.2) is 28.2 Å². The summed E-state index contributed by atoms with van der Waals surface area (Å²) in [6.07, 6.45) is 3.66. The predicted octanol–water partition coefficient (Wildman–Crippen LogP) is 2.51. The smallest absolute Gasteiger partial charge is 0.138 e. The van der Waals surface area contributed by atoms with Gasteiger partial charge in [0.2, 0.25) is 0 Å². The van der Waals surface area contributed by atoms with Crippen LogP contribution in [0.25, 0.3) is 10.2 Å². The number of nitrogens with one attached hydrogen (secondary N) is 1. The Morgan fingerprint density at radius 2 is 2.35 bits per heavy atom. The van der Waals surface area contributed by atoms with Crippen molar-refractivity contribution in [1.29, 1.82) is 0 Å². The second kappa shape index (κ2) is 5.93. The van der Waals surface area contributed by atoms with E-state index >= 15 is 0 Å². The largest absolute Gasteiger partial charge is 0.396 e. The zero-order chi connectivity index (χ0) is 12.1. The first-order valence-corrected chi connectivity index (χ1v) is 6.72. The predicted molar refractivity (Wildman–Crippen MR) is 71.4 cm³/mol. The van der Waals surface area contributed by atoms with Crippen LogP contribution in [0.2, 0.25) is 0 Å². The minimum atomic E-state index is 0.266. The van der Waals surface area contributed by atoms with Gasteiger partial charge in [0.1, 0.15) is 17.0 Å². The van der Waals surface area contributed by atoms with Crippen molar-refractivity contribution in [2.75, 3.05) is 18.5 Å². The fraction of sp³-hybridized carbons (Fsp3) is 0.500. The molecule has 5 heteroatoms. The highest BCUT2D eigenvalue weighted by Gasteiger charge is 2.04. The van der Waals surface area contributed by atoms with E-state index in [1.54, 1.807) is 17.7 Å². The molecule has 0 fully saturated rings. The van der Waals surface area contributed by atoms with Gasteiger partial charge in [0.15, 0.2) is 0 Å². The van der Waals surface area contributed by atoms with E-state index < -0.39 is 0 Å². The summed E-state index contributed by atoms with van der Waals surface area (Å²) >= 11 is 1.63. The molecule has 0 saturated carbocycles. The number of nitrogens with zero attached hydrogens (tertiary/aromatic N) is 2. The topological polar surface area (TPSA) is 58.0 Å². The average Bonchev–Trinajstić information content (AvgIpc) is 2.83. The summed E-state index contributed by atoms with van der Waals surface area (Å²) in [4.78, 5) is 9.48. The normalized spacial score (nSPS) is 12.8. The number of thiophene rings is 1. The summed E-state index contributed by atoms with van der Waals surface area (Å²) in [5, 5.41) is 15.4. The van der Waals surface area contributed by atoms with Gasteiger partial charge in [-0.15, -0.1) is 11.3 Å². The summed E-state index contributed by atoms with van der Waals surface area (Å²) in [5.41, 5.74) is 0. The van der Waals surface area contributed by atoms with Gasteiger partial charge in [0, 0.05) is 13.2 Å². The highest BCUT2D eigenvalue weighted by atomic mass is 32.1. The van der Waals surface area contributed by atoms with E-state index in [4.69, 9.17) is 5.11 Å². The Morgan fingerprint density at radius 1 is 1.47 bits per heavy atom. The Balaban J connectivity index is 1.88. The van der Waals surface area contributed by atoms with Crippen molar-refractivity contribution in [3.05, 3.63) is 17.8 Å². The van der Waals surface area contributed by atoms with Crippen LogP contribution in [0.3, 0.4) is 0 Å². The van der Waals surface area contributed by atoms with Gasteiger partial charge in [-0.3, -0.25) is 0 Å². The van der Waals surface area contributed by atoms with Gasteiger partial charge in [-0.05, 0) is 30.2 Å². The van der Waals surface area contributed by atoms with Crippen molar-refractivity contribution in [2.24, 2.45) is 5.92 Å². The van der Waals surface area contributed by atoms with E-state index in [-0.39, 0.29) is 6.61 Å². The zero-order valence-electron chi connectivity index (χ0n) is 9.89. The minimum Gasteiger partial charge on any atom is -0.396 e. The van der Waals surface area contributed by atoms with E-state index in [1.807, 2.05) is 11.4 Å². The molecule has 0 amide bonds. The van der Waals surface area contributed by atoms with Gasteiger partial charge in [0.25, 0.3) is 0 Å². The molecular formula is C12H17N3OS. The first-order chi connectivity index (χ1) is 8.31. The van der Waals surface area contributed by atoms with Gasteiger partial charge in [0.05, 0.1) is 5.39 Å². The van der Waals surface area contributed by atoms with Gasteiger partial charge in [-0.1, -0.05) is 6.92 Å². The third-order valence-corrected chi connectivity index (χ3v) is 3.56. The molecule has 4 nitrogen and oxygen atoms in total. The molecule has 0 bridgehead atoms. The van der Waals surface area contributed by atoms with Crippen LogP contribution < -0.4 is 5.32 Å². The summed E-state index contributed by atoms with van der Waals surface area (Å²) in [6.45, 7) is 3.20. The fourth-order valence-corrected chi connectivity index (χ4v) is 2.41. The minimum absolute atomic E-state index is 0.266. The molecule has 92 valence electrons. The molecule has 2 aromatic heterocycles. The Kier molecular flexibility index (Phi) is 4.28. The fourth-order valence-electron chi connectivity index (χ4n) is 1.68. The van der Waals surface area contributed by atoms with Crippen molar-refractivity contribution in [1.82, 2.24) is 9.97 Å². The highest BCUT2D eigenvalue weighted by Crippen LogP contribution is 2.23. The molecule has 0 aromatic carbocycles. The summed E-state index contributed by atoms with van der Waals surface area (Å²) in [6, 6.07) is 2.04. The number of aromatic nitrogens is 2. The molecule has 0 radical (unpaired) electrons. The van der Waals surface area contributed by atoms with Crippen LogP contribution in [0.15, 0.2) is 17.8 Å². The van der Waals surface area contributed by atoms with Crippen molar-refractivity contribution in [2.45, 2.75) is 19.8 Å². The first kappa shape index (κ1) is 12.3. The maximum Gasteiger partial charge on any atom is 0.138 e. The number of anilines is 1. The molecular weight excluding hydrogens is 234 g/mol. The van der Waals surface area contributed by atoms with Crippen molar-refractivity contribution in [3.8, 4) is 0 Å².